The van der Waals surface area contributed by atoms with Crippen LogP contribution in [0.2, 0.25) is 0 Å². The molecule has 0 aliphatic rings. The molecule has 4 nitrogen and oxygen atoms in total. The highest BCUT2D eigenvalue weighted by Gasteiger charge is 2.17. The number of thiophene rings is 1. The average Bonchev–Trinajstić information content (AvgIpc) is 3.16. The molecule has 1 N–H and O–H groups in total. The number of hydrogen-bond donors (Lipinski definition) is 1. The Balaban J connectivity index is 1.81. The number of aromatic nitrogens is 1. The van der Waals surface area contributed by atoms with E-state index in [-0.39, 0.29) is 6.54 Å². The Bertz CT molecular complexity index is 913. The van der Waals surface area contributed by atoms with Gasteiger partial charge in [0.2, 0.25) is 10.0 Å². The molecule has 23 heavy (non-hydrogen) atoms. The number of rotatable bonds is 5. The SMILES string of the molecule is Cc1ccccc1-c1nc(C)c(CNS(=O)(=O)c2cccs2)s1. The maximum atomic E-state index is 12.2. The summed E-state index contributed by atoms with van der Waals surface area (Å²) in [7, 11) is -3.45. The number of hydrogen-bond acceptors (Lipinski definition) is 5. The zero-order valence-corrected chi connectivity index (χ0v) is 15.2. The van der Waals surface area contributed by atoms with Crippen molar-refractivity contribution in [2.24, 2.45) is 0 Å². The molecular formula is C16H16N2O2S3. The van der Waals surface area contributed by atoms with Crippen LogP contribution in [-0.4, -0.2) is 13.4 Å². The van der Waals surface area contributed by atoms with Gasteiger partial charge in [0.25, 0.3) is 0 Å². The molecule has 0 atom stereocenters. The molecule has 0 aliphatic heterocycles. The van der Waals surface area contributed by atoms with Crippen molar-refractivity contribution in [1.29, 1.82) is 0 Å². The first-order valence-electron chi connectivity index (χ1n) is 7.03. The van der Waals surface area contributed by atoms with Crippen molar-refractivity contribution in [3.05, 3.63) is 57.9 Å². The second kappa shape index (κ2) is 6.52. The number of thiazole rings is 1. The fraction of sp³-hybridized carbons (Fsp3) is 0.188. The first kappa shape index (κ1) is 16.3. The van der Waals surface area contributed by atoms with Crippen LogP contribution in [0.4, 0.5) is 0 Å². The van der Waals surface area contributed by atoms with Crippen LogP contribution in [-0.2, 0) is 16.6 Å². The van der Waals surface area contributed by atoms with E-state index in [9.17, 15) is 8.42 Å². The number of benzene rings is 1. The molecule has 0 amide bonds. The lowest BCUT2D eigenvalue weighted by Crippen LogP contribution is -2.22. The molecule has 1 aromatic carbocycles. The summed E-state index contributed by atoms with van der Waals surface area (Å²) in [5.41, 5.74) is 3.11. The normalized spacial score (nSPS) is 11.7. The Morgan fingerprint density at radius 1 is 1.13 bits per heavy atom. The quantitative estimate of drug-likeness (QED) is 0.745. The molecule has 0 unspecified atom stereocenters. The van der Waals surface area contributed by atoms with E-state index in [1.807, 2.05) is 38.1 Å². The Labute approximate surface area is 143 Å². The monoisotopic (exact) mass is 364 g/mol. The van der Waals surface area contributed by atoms with Crippen LogP contribution in [0.25, 0.3) is 10.6 Å². The van der Waals surface area contributed by atoms with E-state index in [1.165, 1.54) is 22.7 Å². The Kier molecular flexibility index (Phi) is 4.63. The summed E-state index contributed by atoms with van der Waals surface area (Å²) >= 11 is 2.74. The standard InChI is InChI=1S/C16H16N2O2S3/c1-11-6-3-4-7-13(11)16-18-12(2)14(22-16)10-17-23(19,20)15-8-5-9-21-15/h3-9,17H,10H2,1-2H3. The number of nitrogens with zero attached hydrogens (tertiary/aromatic N) is 1. The highest BCUT2D eigenvalue weighted by molar-refractivity contribution is 7.91. The molecule has 3 aromatic rings. The van der Waals surface area contributed by atoms with Gasteiger partial charge in [-0.1, -0.05) is 30.3 Å². The van der Waals surface area contributed by atoms with Crippen molar-refractivity contribution in [1.82, 2.24) is 9.71 Å². The van der Waals surface area contributed by atoms with Crippen LogP contribution in [0, 0.1) is 13.8 Å². The van der Waals surface area contributed by atoms with Gasteiger partial charge in [0.1, 0.15) is 9.22 Å². The topological polar surface area (TPSA) is 59.1 Å². The van der Waals surface area contributed by atoms with Gasteiger partial charge in [0.05, 0.1) is 5.69 Å². The van der Waals surface area contributed by atoms with Crippen LogP contribution in [0.1, 0.15) is 16.1 Å². The van der Waals surface area contributed by atoms with Crippen molar-refractivity contribution < 1.29 is 8.42 Å². The molecule has 120 valence electrons. The first-order chi connectivity index (χ1) is 11.0. The third kappa shape index (κ3) is 3.53. The van der Waals surface area contributed by atoms with Crippen molar-refractivity contribution in [2.45, 2.75) is 24.6 Å². The van der Waals surface area contributed by atoms with Gasteiger partial charge in [0.15, 0.2) is 0 Å². The van der Waals surface area contributed by atoms with E-state index in [0.29, 0.717) is 4.21 Å². The molecule has 0 saturated carbocycles. The fourth-order valence-electron chi connectivity index (χ4n) is 2.17. The van der Waals surface area contributed by atoms with Crippen LogP contribution >= 0.6 is 22.7 Å². The van der Waals surface area contributed by atoms with Crippen LogP contribution < -0.4 is 4.72 Å². The lowest BCUT2D eigenvalue weighted by molar-refractivity contribution is 0.584. The largest absolute Gasteiger partial charge is 0.250 e. The van der Waals surface area contributed by atoms with E-state index in [4.69, 9.17) is 0 Å². The van der Waals surface area contributed by atoms with Gasteiger partial charge in [-0.15, -0.1) is 22.7 Å². The Morgan fingerprint density at radius 2 is 1.91 bits per heavy atom. The molecule has 0 saturated heterocycles. The molecule has 0 bridgehead atoms. The van der Waals surface area contributed by atoms with Crippen LogP contribution in [0.15, 0.2) is 46.0 Å². The van der Waals surface area contributed by atoms with Gasteiger partial charge in [-0.05, 0) is 30.9 Å². The van der Waals surface area contributed by atoms with E-state index in [1.54, 1.807) is 17.5 Å². The maximum absolute atomic E-state index is 12.2. The molecule has 0 aliphatic carbocycles. The molecular weight excluding hydrogens is 348 g/mol. The van der Waals surface area contributed by atoms with Gasteiger partial charge in [-0.3, -0.25) is 0 Å². The van der Waals surface area contributed by atoms with Crippen molar-refractivity contribution in [2.75, 3.05) is 0 Å². The molecule has 7 heteroatoms. The summed E-state index contributed by atoms with van der Waals surface area (Å²) in [4.78, 5) is 5.53. The third-order valence-corrected chi connectivity index (χ3v) is 7.44. The summed E-state index contributed by atoms with van der Waals surface area (Å²) in [5, 5.41) is 2.67. The zero-order chi connectivity index (χ0) is 16.4. The summed E-state index contributed by atoms with van der Waals surface area (Å²) in [6.07, 6.45) is 0. The van der Waals surface area contributed by atoms with E-state index in [0.717, 1.165) is 26.7 Å². The van der Waals surface area contributed by atoms with Crippen LogP contribution in [0.3, 0.4) is 0 Å². The molecule has 0 fully saturated rings. The summed E-state index contributed by atoms with van der Waals surface area (Å²) in [6, 6.07) is 11.4. The lowest BCUT2D eigenvalue weighted by atomic mass is 10.1. The van der Waals surface area contributed by atoms with Gasteiger partial charge < -0.3 is 0 Å². The molecule has 0 spiro atoms. The highest BCUT2D eigenvalue weighted by Crippen LogP contribution is 2.30. The lowest BCUT2D eigenvalue weighted by Gasteiger charge is -2.03. The van der Waals surface area contributed by atoms with Gasteiger partial charge in [0, 0.05) is 17.0 Å². The van der Waals surface area contributed by atoms with Gasteiger partial charge >= 0.3 is 0 Å². The van der Waals surface area contributed by atoms with Crippen molar-refractivity contribution in [3.8, 4) is 10.6 Å². The summed E-state index contributed by atoms with van der Waals surface area (Å²) in [6.45, 7) is 4.22. The van der Waals surface area contributed by atoms with E-state index >= 15 is 0 Å². The minimum Gasteiger partial charge on any atom is -0.241 e. The Hall–Kier alpha value is -1.54. The molecule has 3 rings (SSSR count). The minimum atomic E-state index is -3.45. The van der Waals surface area contributed by atoms with E-state index in [2.05, 4.69) is 9.71 Å². The molecule has 2 heterocycles. The smallest absolute Gasteiger partial charge is 0.241 e. The minimum absolute atomic E-state index is 0.260. The fourth-order valence-corrected chi connectivity index (χ4v) is 5.39. The van der Waals surface area contributed by atoms with Crippen molar-refractivity contribution in [3.63, 3.8) is 0 Å². The van der Waals surface area contributed by atoms with E-state index < -0.39 is 10.0 Å². The van der Waals surface area contributed by atoms with Gasteiger partial charge in [-0.25, -0.2) is 18.1 Å². The molecule has 0 radical (unpaired) electrons. The second-order valence-corrected chi connectivity index (χ2v) is 9.12. The predicted molar refractivity (Wildman–Crippen MR) is 95.4 cm³/mol. The Morgan fingerprint density at radius 3 is 2.61 bits per heavy atom. The third-order valence-electron chi connectivity index (χ3n) is 3.45. The number of nitrogens with one attached hydrogen (secondary N) is 1. The van der Waals surface area contributed by atoms with Crippen LogP contribution in [0.5, 0.6) is 0 Å². The summed E-state index contributed by atoms with van der Waals surface area (Å²) in [5.74, 6) is 0. The highest BCUT2D eigenvalue weighted by atomic mass is 32.2. The van der Waals surface area contributed by atoms with Gasteiger partial charge in [-0.2, -0.15) is 0 Å². The average molecular weight is 365 g/mol. The zero-order valence-electron chi connectivity index (χ0n) is 12.7. The number of sulfonamides is 1. The number of aryl methyl sites for hydroxylation is 2. The summed E-state index contributed by atoms with van der Waals surface area (Å²) < 4.78 is 27.4. The maximum Gasteiger partial charge on any atom is 0.250 e. The predicted octanol–water partition coefficient (Wildman–Crippen LogP) is 3.97. The molecule has 2 aromatic heterocycles. The first-order valence-corrected chi connectivity index (χ1v) is 10.2. The second-order valence-electron chi connectivity index (χ2n) is 5.10. The van der Waals surface area contributed by atoms with Crippen molar-refractivity contribution >= 4 is 32.7 Å².